The van der Waals surface area contributed by atoms with E-state index in [-0.39, 0.29) is 0 Å². The van der Waals surface area contributed by atoms with Gasteiger partial charge in [-0.25, -0.2) is 0 Å². The minimum Gasteiger partial charge on any atom is -0.308 e. The molecule has 16 heavy (non-hydrogen) atoms. The van der Waals surface area contributed by atoms with Crippen molar-refractivity contribution < 1.29 is 0 Å². The standard InChI is InChI=1S/C14H20ClN/c1-10(8-12-6-7-12)16-11(2)13-4-3-5-14(15)9-13/h3-5,9-12,16H,6-8H2,1-2H3/t10?,11-/m1/s1. The van der Waals surface area contributed by atoms with Crippen molar-refractivity contribution in [2.24, 2.45) is 5.92 Å². The van der Waals surface area contributed by atoms with Crippen LogP contribution in [0.1, 0.15) is 44.7 Å². The van der Waals surface area contributed by atoms with E-state index < -0.39 is 0 Å². The second kappa shape index (κ2) is 5.20. The van der Waals surface area contributed by atoms with E-state index in [1.807, 2.05) is 18.2 Å². The number of halogens is 1. The maximum atomic E-state index is 5.99. The molecule has 1 nitrogen and oxygen atoms in total. The van der Waals surface area contributed by atoms with Crippen molar-refractivity contribution in [1.82, 2.24) is 5.32 Å². The van der Waals surface area contributed by atoms with Crippen LogP contribution in [0.4, 0.5) is 0 Å². The summed E-state index contributed by atoms with van der Waals surface area (Å²) in [5.41, 5.74) is 1.27. The summed E-state index contributed by atoms with van der Waals surface area (Å²) >= 11 is 5.99. The first-order valence-electron chi connectivity index (χ1n) is 6.16. The van der Waals surface area contributed by atoms with E-state index >= 15 is 0 Å². The van der Waals surface area contributed by atoms with Gasteiger partial charge >= 0.3 is 0 Å². The maximum absolute atomic E-state index is 5.99. The molecule has 0 aromatic heterocycles. The SMILES string of the molecule is CC(CC1CC1)N[C@H](C)c1cccc(Cl)c1. The van der Waals surface area contributed by atoms with Gasteiger partial charge in [-0.3, -0.25) is 0 Å². The number of hydrogen-bond donors (Lipinski definition) is 1. The van der Waals surface area contributed by atoms with Crippen molar-refractivity contribution in [2.75, 3.05) is 0 Å². The van der Waals surface area contributed by atoms with Crippen LogP contribution in [0.3, 0.4) is 0 Å². The molecule has 1 fully saturated rings. The Hall–Kier alpha value is -0.530. The molecule has 1 unspecified atom stereocenters. The van der Waals surface area contributed by atoms with E-state index in [1.165, 1.54) is 24.8 Å². The van der Waals surface area contributed by atoms with Crippen molar-refractivity contribution >= 4 is 11.6 Å². The molecule has 1 aliphatic rings. The Morgan fingerprint density at radius 3 is 2.75 bits per heavy atom. The van der Waals surface area contributed by atoms with Crippen molar-refractivity contribution in [3.05, 3.63) is 34.9 Å². The highest BCUT2D eigenvalue weighted by molar-refractivity contribution is 6.30. The molecule has 2 atom stereocenters. The lowest BCUT2D eigenvalue weighted by molar-refractivity contribution is 0.438. The lowest BCUT2D eigenvalue weighted by atomic mass is 10.1. The first-order valence-corrected chi connectivity index (χ1v) is 6.54. The molecular weight excluding hydrogens is 218 g/mol. The second-order valence-corrected chi connectivity index (χ2v) is 5.46. The first-order chi connectivity index (χ1) is 7.65. The van der Waals surface area contributed by atoms with Crippen LogP contribution in [0.15, 0.2) is 24.3 Å². The lowest BCUT2D eigenvalue weighted by Crippen LogP contribution is -2.29. The van der Waals surface area contributed by atoms with E-state index in [2.05, 4.69) is 25.2 Å². The predicted octanol–water partition coefficient (Wildman–Crippen LogP) is 4.18. The van der Waals surface area contributed by atoms with Gasteiger partial charge in [0.25, 0.3) is 0 Å². The van der Waals surface area contributed by atoms with Crippen LogP contribution in [0.2, 0.25) is 5.02 Å². The molecule has 88 valence electrons. The molecule has 1 N–H and O–H groups in total. The van der Waals surface area contributed by atoms with Crippen LogP contribution < -0.4 is 5.32 Å². The highest BCUT2D eigenvalue weighted by Crippen LogP contribution is 2.33. The molecule has 0 saturated heterocycles. The largest absolute Gasteiger partial charge is 0.308 e. The van der Waals surface area contributed by atoms with Gasteiger partial charge in [-0.1, -0.05) is 36.6 Å². The Labute approximate surface area is 103 Å². The fourth-order valence-corrected chi connectivity index (χ4v) is 2.42. The summed E-state index contributed by atoms with van der Waals surface area (Å²) in [6, 6.07) is 9.09. The zero-order valence-corrected chi connectivity index (χ0v) is 10.8. The number of rotatable bonds is 5. The van der Waals surface area contributed by atoms with Gasteiger partial charge in [0, 0.05) is 17.1 Å². The number of hydrogen-bond acceptors (Lipinski definition) is 1. The summed E-state index contributed by atoms with van der Waals surface area (Å²) in [7, 11) is 0. The Morgan fingerprint density at radius 1 is 1.38 bits per heavy atom. The third-order valence-electron chi connectivity index (χ3n) is 3.27. The van der Waals surface area contributed by atoms with Crippen LogP contribution in [0.25, 0.3) is 0 Å². The van der Waals surface area contributed by atoms with Crippen molar-refractivity contribution in [3.63, 3.8) is 0 Å². The molecule has 0 bridgehead atoms. The Kier molecular flexibility index (Phi) is 3.88. The number of benzene rings is 1. The smallest absolute Gasteiger partial charge is 0.0409 e. The van der Waals surface area contributed by atoms with E-state index in [0.717, 1.165) is 10.9 Å². The molecule has 1 aromatic carbocycles. The topological polar surface area (TPSA) is 12.0 Å². The summed E-state index contributed by atoms with van der Waals surface area (Å²) in [4.78, 5) is 0. The third kappa shape index (κ3) is 3.50. The predicted molar refractivity (Wildman–Crippen MR) is 69.8 cm³/mol. The fraction of sp³-hybridized carbons (Fsp3) is 0.571. The molecule has 1 aliphatic carbocycles. The summed E-state index contributed by atoms with van der Waals surface area (Å²) in [6.45, 7) is 4.48. The summed E-state index contributed by atoms with van der Waals surface area (Å²) < 4.78 is 0. The highest BCUT2D eigenvalue weighted by Gasteiger charge is 2.24. The van der Waals surface area contributed by atoms with E-state index in [1.54, 1.807) is 0 Å². The van der Waals surface area contributed by atoms with Crippen molar-refractivity contribution in [2.45, 2.75) is 45.2 Å². The molecular formula is C14H20ClN. The third-order valence-corrected chi connectivity index (χ3v) is 3.50. The fourth-order valence-electron chi connectivity index (χ4n) is 2.22. The van der Waals surface area contributed by atoms with Crippen LogP contribution in [0.5, 0.6) is 0 Å². The highest BCUT2D eigenvalue weighted by atomic mass is 35.5. The summed E-state index contributed by atoms with van der Waals surface area (Å²) in [5.74, 6) is 0.981. The van der Waals surface area contributed by atoms with Crippen LogP contribution in [-0.2, 0) is 0 Å². The van der Waals surface area contributed by atoms with Gasteiger partial charge < -0.3 is 5.32 Å². The quantitative estimate of drug-likeness (QED) is 0.810. The maximum Gasteiger partial charge on any atom is 0.0409 e. The van der Waals surface area contributed by atoms with Gasteiger partial charge in [0.1, 0.15) is 0 Å². The van der Waals surface area contributed by atoms with Gasteiger partial charge in [-0.15, -0.1) is 0 Å². The van der Waals surface area contributed by atoms with Gasteiger partial charge in [-0.2, -0.15) is 0 Å². The molecule has 0 radical (unpaired) electrons. The van der Waals surface area contributed by atoms with Crippen molar-refractivity contribution in [1.29, 1.82) is 0 Å². The van der Waals surface area contributed by atoms with Crippen LogP contribution in [0, 0.1) is 5.92 Å². The molecule has 2 rings (SSSR count). The average molecular weight is 238 g/mol. The van der Waals surface area contributed by atoms with Gasteiger partial charge in [0.15, 0.2) is 0 Å². The van der Waals surface area contributed by atoms with E-state index in [9.17, 15) is 0 Å². The molecule has 0 spiro atoms. The Morgan fingerprint density at radius 2 is 2.12 bits per heavy atom. The minimum atomic E-state index is 0.382. The molecule has 0 amide bonds. The zero-order valence-electron chi connectivity index (χ0n) is 10.0. The van der Waals surface area contributed by atoms with Gasteiger partial charge in [0.05, 0.1) is 0 Å². The van der Waals surface area contributed by atoms with Crippen LogP contribution in [-0.4, -0.2) is 6.04 Å². The molecule has 1 saturated carbocycles. The average Bonchev–Trinajstić information content (AvgIpc) is 3.01. The lowest BCUT2D eigenvalue weighted by Gasteiger charge is -2.20. The zero-order chi connectivity index (χ0) is 11.5. The molecule has 1 aromatic rings. The minimum absolute atomic E-state index is 0.382. The van der Waals surface area contributed by atoms with Gasteiger partial charge in [0.2, 0.25) is 0 Å². The first kappa shape index (κ1) is 11.9. The second-order valence-electron chi connectivity index (χ2n) is 5.02. The molecule has 2 heteroatoms. The Balaban J connectivity index is 1.88. The van der Waals surface area contributed by atoms with Crippen molar-refractivity contribution in [3.8, 4) is 0 Å². The van der Waals surface area contributed by atoms with Gasteiger partial charge in [-0.05, 0) is 43.9 Å². The normalized spacial score (nSPS) is 19.4. The summed E-state index contributed by atoms with van der Waals surface area (Å²) in [5, 5.41) is 4.46. The summed E-state index contributed by atoms with van der Waals surface area (Å²) in [6.07, 6.45) is 4.17. The molecule has 0 heterocycles. The van der Waals surface area contributed by atoms with E-state index in [4.69, 9.17) is 11.6 Å². The molecule has 0 aliphatic heterocycles. The Bertz CT molecular complexity index is 346. The van der Waals surface area contributed by atoms with E-state index in [0.29, 0.717) is 12.1 Å². The van der Waals surface area contributed by atoms with Crippen LogP contribution >= 0.6 is 11.6 Å². The monoisotopic (exact) mass is 237 g/mol. The number of nitrogens with one attached hydrogen (secondary N) is 1.